The average molecular weight is 291 g/mol. The molecule has 0 radical (unpaired) electrons. The monoisotopic (exact) mass is 291 g/mol. The summed E-state index contributed by atoms with van der Waals surface area (Å²) in [4.78, 5) is 0. The predicted octanol–water partition coefficient (Wildman–Crippen LogP) is 4.32. The van der Waals surface area contributed by atoms with Crippen molar-refractivity contribution in [3.8, 4) is 0 Å². The third kappa shape index (κ3) is 6.40. The minimum Gasteiger partial charge on any atom is -0.296 e. The van der Waals surface area contributed by atoms with Crippen molar-refractivity contribution in [3.63, 3.8) is 0 Å². The van der Waals surface area contributed by atoms with Crippen LogP contribution in [0.5, 0.6) is 0 Å². The van der Waals surface area contributed by atoms with Crippen LogP contribution in [-0.2, 0) is 13.6 Å². The molecule has 0 aromatic heterocycles. The molecule has 5 heteroatoms. The molecule has 1 fully saturated rings. The SMILES string of the molecule is CC(C)COP(=O)(OCC(C)C)N1CCCCCC1. The molecule has 0 bridgehead atoms. The minimum atomic E-state index is -3.10. The number of nitrogens with zero attached hydrogens (tertiary/aromatic N) is 1. The van der Waals surface area contributed by atoms with E-state index in [2.05, 4.69) is 27.7 Å². The first kappa shape index (κ1) is 17.2. The molecule has 0 amide bonds. The van der Waals surface area contributed by atoms with E-state index in [1.165, 1.54) is 12.8 Å². The summed E-state index contributed by atoms with van der Waals surface area (Å²) in [5.74, 6) is 0.728. The minimum absolute atomic E-state index is 0.364. The Morgan fingerprint density at radius 3 is 1.68 bits per heavy atom. The Hall–Kier alpha value is 0.110. The van der Waals surface area contributed by atoms with Gasteiger partial charge in [-0.3, -0.25) is 9.05 Å². The first-order valence-corrected chi connectivity index (χ1v) is 9.08. The van der Waals surface area contributed by atoms with Crippen LogP contribution in [0.25, 0.3) is 0 Å². The van der Waals surface area contributed by atoms with Crippen LogP contribution in [0.1, 0.15) is 53.4 Å². The maximum atomic E-state index is 13.0. The molecule has 1 aliphatic rings. The van der Waals surface area contributed by atoms with E-state index in [9.17, 15) is 4.57 Å². The van der Waals surface area contributed by atoms with Gasteiger partial charge in [-0.2, -0.15) is 0 Å². The highest BCUT2D eigenvalue weighted by atomic mass is 31.2. The third-order valence-electron chi connectivity index (χ3n) is 3.07. The standard InChI is InChI=1S/C14H30NO3P/c1-13(2)11-17-19(16,18-12-14(3)4)15-9-7-5-6-8-10-15/h13-14H,5-12H2,1-4H3. The van der Waals surface area contributed by atoms with Crippen LogP contribution >= 0.6 is 7.75 Å². The highest BCUT2D eigenvalue weighted by Crippen LogP contribution is 2.53. The van der Waals surface area contributed by atoms with Crippen molar-refractivity contribution in [1.82, 2.24) is 4.67 Å². The van der Waals surface area contributed by atoms with Crippen molar-refractivity contribution < 1.29 is 13.6 Å². The highest BCUT2D eigenvalue weighted by Gasteiger charge is 2.34. The molecule has 0 aliphatic carbocycles. The maximum Gasteiger partial charge on any atom is 0.408 e. The summed E-state index contributed by atoms with van der Waals surface area (Å²) in [6, 6.07) is 0. The van der Waals surface area contributed by atoms with Crippen LogP contribution in [0.3, 0.4) is 0 Å². The van der Waals surface area contributed by atoms with E-state index in [1.807, 2.05) is 4.67 Å². The molecular weight excluding hydrogens is 261 g/mol. The Morgan fingerprint density at radius 1 is 0.895 bits per heavy atom. The zero-order chi connectivity index (χ0) is 14.3. The second kappa shape index (κ2) is 8.41. The largest absolute Gasteiger partial charge is 0.408 e. The van der Waals surface area contributed by atoms with Gasteiger partial charge in [0.2, 0.25) is 0 Å². The molecule has 19 heavy (non-hydrogen) atoms. The van der Waals surface area contributed by atoms with E-state index in [4.69, 9.17) is 9.05 Å². The second-order valence-electron chi connectivity index (χ2n) is 6.22. The lowest BCUT2D eigenvalue weighted by Gasteiger charge is -2.30. The van der Waals surface area contributed by atoms with Crippen LogP contribution < -0.4 is 0 Å². The Morgan fingerprint density at radius 2 is 1.32 bits per heavy atom. The molecule has 0 unspecified atom stereocenters. The molecule has 0 atom stereocenters. The van der Waals surface area contributed by atoms with Crippen LogP contribution in [0.15, 0.2) is 0 Å². The van der Waals surface area contributed by atoms with E-state index in [1.54, 1.807) is 0 Å². The summed E-state index contributed by atoms with van der Waals surface area (Å²) in [5.41, 5.74) is 0. The van der Waals surface area contributed by atoms with Gasteiger partial charge in [-0.15, -0.1) is 0 Å². The van der Waals surface area contributed by atoms with Gasteiger partial charge < -0.3 is 0 Å². The molecule has 1 aliphatic heterocycles. The Kier molecular flexibility index (Phi) is 7.60. The van der Waals surface area contributed by atoms with Crippen molar-refractivity contribution in [3.05, 3.63) is 0 Å². The third-order valence-corrected chi connectivity index (χ3v) is 5.11. The number of rotatable bonds is 7. The fourth-order valence-electron chi connectivity index (χ4n) is 1.99. The molecule has 0 N–H and O–H groups in total. The smallest absolute Gasteiger partial charge is 0.296 e. The normalized spacial score (nSPS) is 19.1. The van der Waals surface area contributed by atoms with E-state index in [-0.39, 0.29) is 0 Å². The van der Waals surface area contributed by atoms with Crippen molar-refractivity contribution in [2.24, 2.45) is 11.8 Å². The fraction of sp³-hybridized carbons (Fsp3) is 1.00. The van der Waals surface area contributed by atoms with Crippen molar-refractivity contribution in [2.45, 2.75) is 53.4 Å². The molecule has 4 nitrogen and oxygen atoms in total. The van der Waals surface area contributed by atoms with Gasteiger partial charge in [0.25, 0.3) is 0 Å². The van der Waals surface area contributed by atoms with Crippen LogP contribution in [0.2, 0.25) is 0 Å². The first-order chi connectivity index (χ1) is 8.94. The lowest BCUT2D eigenvalue weighted by atomic mass is 10.2. The van der Waals surface area contributed by atoms with Crippen LogP contribution in [0.4, 0.5) is 0 Å². The zero-order valence-corrected chi connectivity index (χ0v) is 13.8. The second-order valence-corrected chi connectivity index (χ2v) is 8.23. The van der Waals surface area contributed by atoms with Crippen LogP contribution in [-0.4, -0.2) is 31.0 Å². The molecule has 0 aromatic rings. The Balaban J connectivity index is 2.67. The van der Waals surface area contributed by atoms with Crippen molar-refractivity contribution in [2.75, 3.05) is 26.3 Å². The number of hydrogen-bond acceptors (Lipinski definition) is 3. The lowest BCUT2D eigenvalue weighted by Crippen LogP contribution is -2.25. The van der Waals surface area contributed by atoms with E-state index < -0.39 is 7.75 Å². The van der Waals surface area contributed by atoms with Gasteiger partial charge in [0.05, 0.1) is 13.2 Å². The number of hydrogen-bond donors (Lipinski definition) is 0. The summed E-state index contributed by atoms with van der Waals surface area (Å²) < 4.78 is 26.4. The van der Waals surface area contributed by atoms with Crippen molar-refractivity contribution in [1.29, 1.82) is 0 Å². The topological polar surface area (TPSA) is 38.8 Å². The molecule has 1 heterocycles. The molecular formula is C14H30NO3P. The van der Waals surface area contributed by atoms with Crippen molar-refractivity contribution >= 4 is 7.75 Å². The maximum absolute atomic E-state index is 13.0. The van der Waals surface area contributed by atoms with Gasteiger partial charge in [-0.25, -0.2) is 9.24 Å². The Labute approximate surface area is 118 Å². The molecule has 0 saturated carbocycles. The zero-order valence-electron chi connectivity index (χ0n) is 12.9. The van der Waals surface area contributed by atoms with Crippen LogP contribution in [0, 0.1) is 11.8 Å². The highest BCUT2D eigenvalue weighted by molar-refractivity contribution is 7.51. The Bertz CT molecular complexity index is 270. The molecule has 1 saturated heterocycles. The van der Waals surface area contributed by atoms with Gasteiger partial charge in [-0.1, -0.05) is 40.5 Å². The van der Waals surface area contributed by atoms with Gasteiger partial charge >= 0.3 is 7.75 Å². The van der Waals surface area contributed by atoms with Gasteiger partial charge in [0.1, 0.15) is 0 Å². The van der Waals surface area contributed by atoms with Gasteiger partial charge in [0, 0.05) is 13.1 Å². The molecule has 0 aromatic carbocycles. The summed E-state index contributed by atoms with van der Waals surface area (Å²) in [6.45, 7) is 10.9. The van der Waals surface area contributed by atoms with E-state index in [0.717, 1.165) is 25.9 Å². The molecule has 0 spiro atoms. The van der Waals surface area contributed by atoms with E-state index in [0.29, 0.717) is 25.0 Å². The average Bonchev–Trinajstić information content (AvgIpc) is 2.63. The predicted molar refractivity (Wildman–Crippen MR) is 79.2 cm³/mol. The van der Waals surface area contributed by atoms with E-state index >= 15 is 0 Å². The summed E-state index contributed by atoms with van der Waals surface area (Å²) >= 11 is 0. The molecule has 114 valence electrons. The molecule has 1 rings (SSSR count). The van der Waals surface area contributed by atoms with Gasteiger partial charge in [-0.05, 0) is 24.7 Å². The first-order valence-electron chi connectivity index (χ1n) is 7.58. The quantitative estimate of drug-likeness (QED) is 0.655. The summed E-state index contributed by atoms with van der Waals surface area (Å²) in [6.07, 6.45) is 4.59. The summed E-state index contributed by atoms with van der Waals surface area (Å²) in [5, 5.41) is 0. The van der Waals surface area contributed by atoms with Gasteiger partial charge in [0.15, 0.2) is 0 Å². The lowest BCUT2D eigenvalue weighted by molar-refractivity contribution is 0.134. The summed E-state index contributed by atoms with van der Waals surface area (Å²) in [7, 11) is -3.10. The fourth-order valence-corrected chi connectivity index (χ4v) is 4.13.